The average molecular weight is 560 g/mol. The number of alkyl halides is 3. The van der Waals surface area contributed by atoms with Gasteiger partial charge in [-0.05, 0) is 78.6 Å². The number of amides is 1. The van der Waals surface area contributed by atoms with Crippen LogP contribution < -0.4 is 10.3 Å². The van der Waals surface area contributed by atoms with E-state index in [4.69, 9.17) is 0 Å². The highest BCUT2D eigenvalue weighted by atomic mass is 19.4. The number of carboxylic acids is 1. The molecular weight excluding hydrogens is 535 g/mol. The largest absolute Gasteiger partial charge is 0.505 e. The molecule has 0 atom stereocenters. The van der Waals surface area contributed by atoms with E-state index in [9.17, 15) is 33.0 Å². The lowest BCUT2D eigenvalue weighted by Gasteiger charge is -2.19. The molecule has 1 amide bonds. The Kier molecular flexibility index (Phi) is 7.00. The standard InChI is InChI=1S/C31H24F3N3O4/c1-3-18-10-12-22(14-17(18)2)37-26-16-21(31(32,33)34)11-13-24(26)27(29(37)39)36-35-25-9-5-8-23(28(25)38)19-6-4-7-20(15-19)30(40)41/h4-16,35,38H,3H2,1-2H3,(H,40,41)/b36-27-. The fourth-order valence-electron chi connectivity index (χ4n) is 4.81. The van der Waals surface area contributed by atoms with Crippen LogP contribution >= 0.6 is 0 Å². The molecule has 0 saturated heterocycles. The van der Waals surface area contributed by atoms with Crippen molar-refractivity contribution in [2.75, 3.05) is 10.3 Å². The molecule has 0 saturated carbocycles. The van der Waals surface area contributed by atoms with Crippen LogP contribution in [0.25, 0.3) is 11.1 Å². The molecule has 7 nitrogen and oxygen atoms in total. The van der Waals surface area contributed by atoms with E-state index in [1.165, 1.54) is 29.2 Å². The highest BCUT2D eigenvalue weighted by Gasteiger charge is 2.39. The van der Waals surface area contributed by atoms with Crippen LogP contribution in [0.5, 0.6) is 5.75 Å². The van der Waals surface area contributed by atoms with E-state index in [2.05, 4.69) is 10.5 Å². The molecule has 1 heterocycles. The Morgan fingerprint density at radius 3 is 2.41 bits per heavy atom. The quantitative estimate of drug-likeness (QED) is 0.172. The number of fused-ring (bicyclic) bond motifs is 1. The minimum absolute atomic E-state index is 0.0363. The van der Waals surface area contributed by atoms with E-state index in [0.29, 0.717) is 16.8 Å². The number of hydrazone groups is 1. The Morgan fingerprint density at radius 1 is 0.976 bits per heavy atom. The number of anilines is 3. The van der Waals surface area contributed by atoms with Gasteiger partial charge in [0.25, 0.3) is 5.91 Å². The molecular formula is C31H24F3N3O4. The number of aromatic carboxylic acids is 1. The molecule has 1 aliphatic rings. The topological polar surface area (TPSA) is 102 Å². The number of carbonyl (C=O) groups excluding carboxylic acids is 1. The Hall–Kier alpha value is -5.12. The van der Waals surface area contributed by atoms with E-state index in [1.54, 1.807) is 36.4 Å². The summed E-state index contributed by atoms with van der Waals surface area (Å²) in [6.07, 6.45) is -3.86. The second-order valence-corrected chi connectivity index (χ2v) is 9.49. The molecule has 10 heteroatoms. The molecule has 208 valence electrons. The van der Waals surface area contributed by atoms with Gasteiger partial charge in [0, 0.05) is 16.8 Å². The Balaban J connectivity index is 1.56. The summed E-state index contributed by atoms with van der Waals surface area (Å²) in [7, 11) is 0. The predicted octanol–water partition coefficient (Wildman–Crippen LogP) is 7.14. The van der Waals surface area contributed by atoms with Gasteiger partial charge in [-0.25, -0.2) is 4.79 Å². The number of halogens is 3. The van der Waals surface area contributed by atoms with Crippen LogP contribution in [0.3, 0.4) is 0 Å². The Bertz CT molecular complexity index is 1730. The summed E-state index contributed by atoms with van der Waals surface area (Å²) in [4.78, 5) is 26.2. The molecule has 4 aromatic rings. The summed E-state index contributed by atoms with van der Waals surface area (Å²) >= 11 is 0. The van der Waals surface area contributed by atoms with Crippen molar-refractivity contribution in [1.82, 2.24) is 0 Å². The van der Waals surface area contributed by atoms with Crippen LogP contribution in [0.1, 0.15) is 39.5 Å². The summed E-state index contributed by atoms with van der Waals surface area (Å²) in [6.45, 7) is 3.85. The van der Waals surface area contributed by atoms with Crippen molar-refractivity contribution < 1.29 is 33.0 Å². The minimum atomic E-state index is -4.62. The van der Waals surface area contributed by atoms with E-state index in [1.807, 2.05) is 19.9 Å². The van der Waals surface area contributed by atoms with E-state index in [-0.39, 0.29) is 34.0 Å². The molecule has 0 aromatic heterocycles. The van der Waals surface area contributed by atoms with Crippen molar-refractivity contribution in [3.8, 4) is 16.9 Å². The molecule has 4 aromatic carbocycles. The lowest BCUT2D eigenvalue weighted by Crippen LogP contribution is -2.26. The number of carbonyl (C=O) groups is 2. The molecule has 0 unspecified atom stereocenters. The number of hydrogen-bond donors (Lipinski definition) is 3. The Morgan fingerprint density at radius 2 is 1.73 bits per heavy atom. The van der Waals surface area contributed by atoms with Crippen LogP contribution in [0.4, 0.5) is 30.2 Å². The molecule has 0 fully saturated rings. The molecule has 5 rings (SSSR count). The number of aryl methyl sites for hydroxylation is 2. The number of benzene rings is 4. The summed E-state index contributed by atoms with van der Waals surface area (Å²) in [5.41, 5.74) is 5.11. The van der Waals surface area contributed by atoms with Gasteiger partial charge in [-0.1, -0.05) is 37.3 Å². The summed E-state index contributed by atoms with van der Waals surface area (Å²) in [6, 6.07) is 19.0. The van der Waals surface area contributed by atoms with Crippen LogP contribution in [-0.2, 0) is 17.4 Å². The van der Waals surface area contributed by atoms with Crippen molar-refractivity contribution in [1.29, 1.82) is 0 Å². The van der Waals surface area contributed by atoms with Gasteiger partial charge < -0.3 is 10.2 Å². The van der Waals surface area contributed by atoms with E-state index >= 15 is 0 Å². The van der Waals surface area contributed by atoms with Gasteiger partial charge in [-0.3, -0.25) is 15.1 Å². The molecule has 0 radical (unpaired) electrons. The number of nitrogens with one attached hydrogen (secondary N) is 1. The van der Waals surface area contributed by atoms with Gasteiger partial charge in [0.05, 0.1) is 22.5 Å². The second kappa shape index (κ2) is 10.5. The zero-order chi connectivity index (χ0) is 29.5. The number of para-hydroxylation sites is 1. The third-order valence-electron chi connectivity index (χ3n) is 6.94. The number of hydrogen-bond acceptors (Lipinski definition) is 5. The molecule has 3 N–H and O–H groups in total. The monoisotopic (exact) mass is 559 g/mol. The van der Waals surface area contributed by atoms with Crippen molar-refractivity contribution in [2.45, 2.75) is 26.4 Å². The first-order valence-electron chi connectivity index (χ1n) is 12.6. The number of rotatable bonds is 6. The van der Waals surface area contributed by atoms with Crippen molar-refractivity contribution in [3.63, 3.8) is 0 Å². The van der Waals surface area contributed by atoms with Crippen LogP contribution in [0, 0.1) is 6.92 Å². The Labute approximate surface area is 233 Å². The van der Waals surface area contributed by atoms with Crippen LogP contribution in [0.2, 0.25) is 0 Å². The fourth-order valence-corrected chi connectivity index (χ4v) is 4.81. The maximum atomic E-state index is 13.6. The minimum Gasteiger partial charge on any atom is -0.505 e. The zero-order valence-electron chi connectivity index (χ0n) is 22.0. The smallest absolute Gasteiger partial charge is 0.416 e. The summed E-state index contributed by atoms with van der Waals surface area (Å²) in [5.74, 6) is -2.01. The number of phenolic OH excluding ortho intramolecular Hbond substituents is 1. The first-order chi connectivity index (χ1) is 19.5. The number of phenols is 1. The van der Waals surface area contributed by atoms with E-state index < -0.39 is 23.6 Å². The molecule has 0 aliphatic carbocycles. The van der Waals surface area contributed by atoms with Crippen molar-refractivity contribution in [3.05, 3.63) is 107 Å². The van der Waals surface area contributed by atoms with Gasteiger partial charge in [-0.2, -0.15) is 18.3 Å². The predicted molar refractivity (Wildman–Crippen MR) is 150 cm³/mol. The van der Waals surface area contributed by atoms with Crippen LogP contribution in [0.15, 0.2) is 84.0 Å². The lowest BCUT2D eigenvalue weighted by atomic mass is 10.0. The molecule has 0 spiro atoms. The maximum Gasteiger partial charge on any atom is 0.416 e. The number of aromatic hydroxyl groups is 1. The van der Waals surface area contributed by atoms with E-state index in [0.717, 1.165) is 29.7 Å². The van der Waals surface area contributed by atoms with Crippen LogP contribution in [-0.4, -0.2) is 27.8 Å². The van der Waals surface area contributed by atoms with Gasteiger partial charge in [0.1, 0.15) is 5.75 Å². The van der Waals surface area contributed by atoms with Gasteiger partial charge in [0.2, 0.25) is 0 Å². The number of nitrogens with zero attached hydrogens (tertiary/aromatic N) is 2. The van der Waals surface area contributed by atoms with Crippen molar-refractivity contribution in [2.24, 2.45) is 5.10 Å². The SMILES string of the molecule is CCc1ccc(N2C(=O)/C(=N\Nc3cccc(-c4cccc(C(=O)O)c4)c3O)c3ccc(C(F)(F)F)cc32)cc1C. The lowest BCUT2D eigenvalue weighted by molar-refractivity contribution is -0.137. The zero-order valence-corrected chi connectivity index (χ0v) is 22.0. The third kappa shape index (κ3) is 5.11. The third-order valence-corrected chi connectivity index (χ3v) is 6.94. The van der Waals surface area contributed by atoms with Crippen molar-refractivity contribution >= 4 is 34.7 Å². The van der Waals surface area contributed by atoms with Gasteiger partial charge in [0.15, 0.2) is 5.71 Å². The number of carboxylic acid groups (broad SMARTS) is 1. The molecule has 1 aliphatic heterocycles. The highest BCUT2D eigenvalue weighted by Crippen LogP contribution is 2.41. The molecule has 0 bridgehead atoms. The second-order valence-electron chi connectivity index (χ2n) is 9.49. The normalized spacial score (nSPS) is 13.9. The first-order valence-corrected chi connectivity index (χ1v) is 12.6. The fraction of sp³-hybridized carbons (Fsp3) is 0.129. The van der Waals surface area contributed by atoms with Gasteiger partial charge in [-0.15, -0.1) is 0 Å². The summed E-state index contributed by atoms with van der Waals surface area (Å²) < 4.78 is 40.8. The highest BCUT2D eigenvalue weighted by molar-refractivity contribution is 6.55. The van der Waals surface area contributed by atoms with Gasteiger partial charge >= 0.3 is 12.1 Å². The maximum absolute atomic E-state index is 13.6. The average Bonchev–Trinajstić information content (AvgIpc) is 3.22. The first kappa shape index (κ1) is 27.4. The summed E-state index contributed by atoms with van der Waals surface area (Å²) in [5, 5.41) is 24.5. The molecule has 41 heavy (non-hydrogen) atoms.